The Morgan fingerprint density at radius 2 is 1.94 bits per heavy atom. The highest BCUT2D eigenvalue weighted by molar-refractivity contribution is 7.88. The van der Waals surface area contributed by atoms with Crippen LogP contribution in [0.3, 0.4) is 0 Å². The number of sulfonamides is 1. The summed E-state index contributed by atoms with van der Waals surface area (Å²) in [6, 6.07) is 6.95. The van der Waals surface area contributed by atoms with Crippen LogP contribution in [0.5, 0.6) is 0 Å². The van der Waals surface area contributed by atoms with E-state index in [1.807, 2.05) is 6.92 Å². The molecule has 0 aliphatic heterocycles. The van der Waals surface area contributed by atoms with Gasteiger partial charge in [-0.1, -0.05) is 32.9 Å². The van der Waals surface area contributed by atoms with E-state index in [0.717, 1.165) is 0 Å². The van der Waals surface area contributed by atoms with Crippen LogP contribution in [-0.2, 0) is 15.8 Å². The van der Waals surface area contributed by atoms with Crippen LogP contribution >= 0.6 is 0 Å². The van der Waals surface area contributed by atoms with Gasteiger partial charge in [0.2, 0.25) is 10.0 Å². The summed E-state index contributed by atoms with van der Waals surface area (Å²) in [5.74, 6) is 0.753. The first-order valence-electron chi connectivity index (χ1n) is 6.12. The van der Waals surface area contributed by atoms with Crippen LogP contribution in [0.1, 0.15) is 26.3 Å². The van der Waals surface area contributed by atoms with Crippen LogP contribution in [0.25, 0.3) is 0 Å². The number of rotatable bonds is 6. The van der Waals surface area contributed by atoms with Crippen molar-refractivity contribution in [3.8, 4) is 0 Å². The summed E-state index contributed by atoms with van der Waals surface area (Å²) in [4.78, 5) is 0. The Hall–Kier alpha value is -1.07. The largest absolute Gasteiger partial charge is 0.399 e. The number of nitrogens with two attached hydrogens (primary N) is 1. The van der Waals surface area contributed by atoms with Crippen molar-refractivity contribution in [3.05, 3.63) is 29.8 Å². The zero-order chi connectivity index (χ0) is 13.8. The minimum absolute atomic E-state index is 0.0249. The molecule has 0 saturated heterocycles. The second-order valence-corrected chi connectivity index (χ2v) is 6.88. The molecule has 3 N–H and O–H groups in total. The molecule has 1 aromatic carbocycles. The van der Waals surface area contributed by atoms with Gasteiger partial charge in [-0.25, -0.2) is 13.1 Å². The van der Waals surface area contributed by atoms with Gasteiger partial charge in [0.05, 0.1) is 5.75 Å². The van der Waals surface area contributed by atoms with Crippen molar-refractivity contribution >= 4 is 15.7 Å². The minimum atomic E-state index is -3.29. The molecule has 18 heavy (non-hydrogen) atoms. The van der Waals surface area contributed by atoms with Crippen molar-refractivity contribution in [1.29, 1.82) is 0 Å². The van der Waals surface area contributed by atoms with Gasteiger partial charge in [0.25, 0.3) is 0 Å². The van der Waals surface area contributed by atoms with E-state index >= 15 is 0 Å². The molecule has 0 aliphatic rings. The van der Waals surface area contributed by atoms with E-state index in [-0.39, 0.29) is 5.75 Å². The first-order valence-corrected chi connectivity index (χ1v) is 7.77. The maximum absolute atomic E-state index is 11.9. The molecule has 0 amide bonds. The second kappa shape index (κ2) is 6.20. The first kappa shape index (κ1) is 15.0. The standard InChI is InChI=1S/C13H22N2O2S/c1-10(2)11(3)8-15-18(16,17)9-12-5-4-6-13(14)7-12/h4-7,10-11,15H,8-9,14H2,1-3H3. The average Bonchev–Trinajstić information content (AvgIpc) is 2.25. The first-order chi connectivity index (χ1) is 8.30. The van der Waals surface area contributed by atoms with Crippen LogP contribution in [0.15, 0.2) is 24.3 Å². The summed E-state index contributed by atoms with van der Waals surface area (Å²) in [6.45, 7) is 6.67. The Balaban J connectivity index is 2.60. The summed E-state index contributed by atoms with van der Waals surface area (Å²) in [6.07, 6.45) is 0. The van der Waals surface area contributed by atoms with Crippen molar-refractivity contribution < 1.29 is 8.42 Å². The van der Waals surface area contributed by atoms with Gasteiger partial charge in [-0.15, -0.1) is 0 Å². The number of nitrogen functional groups attached to an aromatic ring is 1. The van der Waals surface area contributed by atoms with E-state index in [4.69, 9.17) is 5.73 Å². The molecule has 102 valence electrons. The zero-order valence-electron chi connectivity index (χ0n) is 11.2. The number of hydrogen-bond acceptors (Lipinski definition) is 3. The monoisotopic (exact) mass is 270 g/mol. The van der Waals surface area contributed by atoms with Crippen molar-refractivity contribution in [3.63, 3.8) is 0 Å². The normalized spacial score (nSPS) is 13.8. The quantitative estimate of drug-likeness (QED) is 0.776. The predicted molar refractivity (Wildman–Crippen MR) is 75.5 cm³/mol. The molecule has 1 unspecified atom stereocenters. The molecule has 0 spiro atoms. The van der Waals surface area contributed by atoms with E-state index in [9.17, 15) is 8.42 Å². The second-order valence-electron chi connectivity index (χ2n) is 5.07. The topological polar surface area (TPSA) is 72.2 Å². The van der Waals surface area contributed by atoms with Crippen LogP contribution in [0.4, 0.5) is 5.69 Å². The lowest BCUT2D eigenvalue weighted by atomic mass is 9.99. The highest BCUT2D eigenvalue weighted by atomic mass is 32.2. The van der Waals surface area contributed by atoms with Gasteiger partial charge < -0.3 is 5.73 Å². The van der Waals surface area contributed by atoms with Gasteiger partial charge in [-0.2, -0.15) is 0 Å². The fraction of sp³-hybridized carbons (Fsp3) is 0.538. The molecule has 5 heteroatoms. The molecule has 0 aliphatic carbocycles. The molecule has 1 aromatic rings. The van der Waals surface area contributed by atoms with Crippen LogP contribution in [0, 0.1) is 11.8 Å². The van der Waals surface area contributed by atoms with Gasteiger partial charge in [-0.05, 0) is 29.5 Å². The van der Waals surface area contributed by atoms with E-state index in [1.54, 1.807) is 24.3 Å². The molecule has 1 atom stereocenters. The molecule has 0 heterocycles. The molecule has 4 nitrogen and oxygen atoms in total. The highest BCUT2D eigenvalue weighted by Gasteiger charge is 2.14. The van der Waals surface area contributed by atoms with E-state index in [0.29, 0.717) is 29.6 Å². The molecular formula is C13H22N2O2S. The summed E-state index contributed by atoms with van der Waals surface area (Å²) in [5.41, 5.74) is 6.91. The molecule has 0 bridgehead atoms. The van der Waals surface area contributed by atoms with E-state index in [2.05, 4.69) is 18.6 Å². The van der Waals surface area contributed by atoms with E-state index in [1.165, 1.54) is 0 Å². The summed E-state index contributed by atoms with van der Waals surface area (Å²) in [5, 5.41) is 0. The van der Waals surface area contributed by atoms with Crippen molar-refractivity contribution in [2.75, 3.05) is 12.3 Å². The Morgan fingerprint density at radius 1 is 1.28 bits per heavy atom. The van der Waals surface area contributed by atoms with Crippen molar-refractivity contribution in [2.45, 2.75) is 26.5 Å². The minimum Gasteiger partial charge on any atom is -0.399 e. The third kappa shape index (κ3) is 5.06. The van der Waals surface area contributed by atoms with Gasteiger partial charge in [0.15, 0.2) is 0 Å². The third-order valence-corrected chi connectivity index (χ3v) is 4.39. The lowest BCUT2D eigenvalue weighted by molar-refractivity contribution is 0.414. The average molecular weight is 270 g/mol. The maximum Gasteiger partial charge on any atom is 0.215 e. The highest BCUT2D eigenvalue weighted by Crippen LogP contribution is 2.11. The van der Waals surface area contributed by atoms with Crippen LogP contribution in [0.2, 0.25) is 0 Å². The Morgan fingerprint density at radius 3 is 2.50 bits per heavy atom. The van der Waals surface area contributed by atoms with Crippen LogP contribution < -0.4 is 10.5 Å². The maximum atomic E-state index is 11.9. The molecule has 0 fully saturated rings. The number of hydrogen-bond donors (Lipinski definition) is 2. The Bertz CT molecular complexity index is 484. The van der Waals surface area contributed by atoms with Gasteiger partial charge in [-0.3, -0.25) is 0 Å². The fourth-order valence-electron chi connectivity index (χ4n) is 1.45. The Labute approximate surface area is 110 Å². The predicted octanol–water partition coefficient (Wildman–Crippen LogP) is 1.98. The summed E-state index contributed by atoms with van der Waals surface area (Å²) in [7, 11) is -3.29. The zero-order valence-corrected chi connectivity index (χ0v) is 12.0. The van der Waals surface area contributed by atoms with Gasteiger partial charge in [0, 0.05) is 12.2 Å². The number of anilines is 1. The fourth-order valence-corrected chi connectivity index (χ4v) is 2.68. The van der Waals surface area contributed by atoms with Crippen molar-refractivity contribution in [2.24, 2.45) is 11.8 Å². The molecule has 1 rings (SSSR count). The number of nitrogens with one attached hydrogen (secondary N) is 1. The SMILES string of the molecule is CC(C)C(C)CNS(=O)(=O)Cc1cccc(N)c1. The van der Waals surface area contributed by atoms with Crippen LogP contribution in [-0.4, -0.2) is 15.0 Å². The van der Waals surface area contributed by atoms with Gasteiger partial charge >= 0.3 is 0 Å². The van der Waals surface area contributed by atoms with Crippen molar-refractivity contribution in [1.82, 2.24) is 4.72 Å². The van der Waals surface area contributed by atoms with Gasteiger partial charge in [0.1, 0.15) is 0 Å². The molecular weight excluding hydrogens is 248 g/mol. The smallest absolute Gasteiger partial charge is 0.215 e. The Kier molecular flexibility index (Phi) is 5.16. The summed E-state index contributed by atoms with van der Waals surface area (Å²) < 4.78 is 26.4. The number of benzene rings is 1. The molecule has 0 radical (unpaired) electrons. The molecule has 0 aromatic heterocycles. The third-order valence-electron chi connectivity index (χ3n) is 3.07. The lowest BCUT2D eigenvalue weighted by Crippen LogP contribution is -2.31. The summed E-state index contributed by atoms with van der Waals surface area (Å²) >= 11 is 0. The van der Waals surface area contributed by atoms with E-state index < -0.39 is 10.0 Å². The lowest BCUT2D eigenvalue weighted by Gasteiger charge is -2.16. The molecule has 0 saturated carbocycles.